The second kappa shape index (κ2) is 8.77. The minimum atomic E-state index is -0.528. The van der Waals surface area contributed by atoms with Crippen molar-refractivity contribution in [3.63, 3.8) is 0 Å². The molecule has 0 bridgehead atoms. The number of unbranched alkanes of at least 4 members (excludes halogenated alkanes) is 1. The normalized spacial score (nSPS) is 12.7. The molecule has 0 fully saturated rings. The van der Waals surface area contributed by atoms with Gasteiger partial charge in [0.2, 0.25) is 0 Å². The fourth-order valence-corrected chi connectivity index (χ4v) is 1.32. The average Bonchev–Trinajstić information content (AvgIpc) is 2.29. The molecule has 0 spiro atoms. The molecule has 1 unspecified atom stereocenters. The molecular formula is C14H27NO4. The summed E-state index contributed by atoms with van der Waals surface area (Å²) in [7, 11) is 0. The first-order chi connectivity index (χ1) is 8.78. The molecule has 0 aliphatic carbocycles. The van der Waals surface area contributed by atoms with Crippen molar-refractivity contribution < 1.29 is 19.1 Å². The zero-order chi connectivity index (χ0) is 14.9. The molecule has 112 valence electrons. The Morgan fingerprint density at radius 2 is 1.84 bits per heavy atom. The van der Waals surface area contributed by atoms with Gasteiger partial charge in [-0.3, -0.25) is 4.79 Å². The summed E-state index contributed by atoms with van der Waals surface area (Å²) in [5.74, 6) is -0.216. The number of ether oxygens (including phenoxy) is 2. The van der Waals surface area contributed by atoms with Crippen LogP contribution in [0.15, 0.2) is 0 Å². The number of amides is 1. The van der Waals surface area contributed by atoms with Crippen LogP contribution in [-0.2, 0) is 14.3 Å². The molecule has 0 aliphatic rings. The van der Waals surface area contributed by atoms with Crippen LogP contribution in [0, 0.1) is 0 Å². The van der Waals surface area contributed by atoms with Crippen molar-refractivity contribution in [2.75, 3.05) is 6.61 Å². The summed E-state index contributed by atoms with van der Waals surface area (Å²) in [5, 5.41) is 2.70. The maximum Gasteiger partial charge on any atom is 0.407 e. The molecule has 0 saturated heterocycles. The van der Waals surface area contributed by atoms with Crippen LogP contribution in [0.25, 0.3) is 0 Å². The number of alkyl carbamates (subject to hydrolysis) is 1. The van der Waals surface area contributed by atoms with Crippen molar-refractivity contribution in [3.8, 4) is 0 Å². The fraction of sp³-hybridized carbons (Fsp3) is 0.857. The second-order valence-electron chi connectivity index (χ2n) is 5.54. The highest BCUT2D eigenvalue weighted by molar-refractivity contribution is 5.70. The smallest absolute Gasteiger partial charge is 0.407 e. The molecule has 1 atom stereocenters. The summed E-state index contributed by atoms with van der Waals surface area (Å²) in [6.07, 6.45) is 2.42. The number of hydrogen-bond acceptors (Lipinski definition) is 4. The van der Waals surface area contributed by atoms with Crippen LogP contribution in [0.3, 0.4) is 0 Å². The van der Waals surface area contributed by atoms with Crippen LogP contribution in [0.5, 0.6) is 0 Å². The number of hydrogen-bond donors (Lipinski definition) is 1. The maximum absolute atomic E-state index is 11.6. The van der Waals surface area contributed by atoms with Crippen molar-refractivity contribution >= 4 is 12.1 Å². The molecule has 0 saturated carbocycles. The Morgan fingerprint density at radius 1 is 1.21 bits per heavy atom. The maximum atomic E-state index is 11.6. The van der Waals surface area contributed by atoms with Crippen molar-refractivity contribution in [2.24, 2.45) is 0 Å². The van der Waals surface area contributed by atoms with Gasteiger partial charge >= 0.3 is 12.1 Å². The Bertz CT molecular complexity index is 284. The van der Waals surface area contributed by atoms with Crippen molar-refractivity contribution in [3.05, 3.63) is 0 Å². The first-order valence-corrected chi connectivity index (χ1v) is 6.93. The molecule has 0 heterocycles. The van der Waals surface area contributed by atoms with Gasteiger partial charge in [-0.1, -0.05) is 20.3 Å². The van der Waals surface area contributed by atoms with E-state index in [0.717, 1.165) is 12.8 Å². The second-order valence-corrected chi connectivity index (χ2v) is 5.54. The standard InChI is InChI=1S/C14H27NO4/c1-6-8-9-12(16)18-10-11(7-2)15-13(17)19-14(3,4)5/h11H,6-10H2,1-5H3,(H,15,17). The highest BCUT2D eigenvalue weighted by Crippen LogP contribution is 2.07. The zero-order valence-corrected chi connectivity index (χ0v) is 12.7. The van der Waals surface area contributed by atoms with Crippen LogP contribution in [0.2, 0.25) is 0 Å². The molecule has 0 aromatic rings. The summed E-state index contributed by atoms with van der Waals surface area (Å²) in [4.78, 5) is 22.9. The number of nitrogens with one attached hydrogen (secondary N) is 1. The van der Waals surface area contributed by atoms with Gasteiger partial charge in [-0.15, -0.1) is 0 Å². The van der Waals surface area contributed by atoms with Crippen molar-refractivity contribution in [1.82, 2.24) is 5.32 Å². The minimum absolute atomic E-state index is 0.193. The number of esters is 1. The molecule has 0 aromatic carbocycles. The Labute approximate surface area is 116 Å². The summed E-state index contributed by atoms with van der Waals surface area (Å²) >= 11 is 0. The van der Waals surface area contributed by atoms with Gasteiger partial charge < -0.3 is 14.8 Å². The van der Waals surface area contributed by atoms with E-state index in [1.54, 1.807) is 20.8 Å². The van der Waals surface area contributed by atoms with Gasteiger partial charge in [-0.05, 0) is 33.6 Å². The Balaban J connectivity index is 4.01. The monoisotopic (exact) mass is 273 g/mol. The van der Waals surface area contributed by atoms with Crippen LogP contribution < -0.4 is 5.32 Å². The largest absolute Gasteiger partial charge is 0.463 e. The van der Waals surface area contributed by atoms with E-state index in [1.807, 2.05) is 13.8 Å². The molecular weight excluding hydrogens is 246 g/mol. The fourth-order valence-electron chi connectivity index (χ4n) is 1.32. The van der Waals surface area contributed by atoms with Crippen LogP contribution in [0.1, 0.15) is 60.3 Å². The molecule has 0 aliphatic heterocycles. The third-order valence-corrected chi connectivity index (χ3v) is 2.39. The van der Waals surface area contributed by atoms with Crippen LogP contribution in [0.4, 0.5) is 4.79 Å². The van der Waals surface area contributed by atoms with E-state index >= 15 is 0 Å². The number of carbonyl (C=O) groups is 2. The Morgan fingerprint density at radius 3 is 2.32 bits per heavy atom. The van der Waals surface area contributed by atoms with Gasteiger partial charge in [0.1, 0.15) is 12.2 Å². The van der Waals surface area contributed by atoms with Gasteiger partial charge in [-0.25, -0.2) is 4.79 Å². The highest BCUT2D eigenvalue weighted by atomic mass is 16.6. The van der Waals surface area contributed by atoms with Crippen LogP contribution >= 0.6 is 0 Å². The highest BCUT2D eigenvalue weighted by Gasteiger charge is 2.19. The predicted octanol–water partition coefficient (Wildman–Crippen LogP) is 3.02. The molecule has 0 aromatic heterocycles. The molecule has 0 radical (unpaired) electrons. The predicted molar refractivity (Wildman–Crippen MR) is 73.9 cm³/mol. The SMILES string of the molecule is CCCCC(=O)OCC(CC)NC(=O)OC(C)(C)C. The molecule has 0 rings (SSSR count). The summed E-state index contributed by atoms with van der Waals surface area (Å²) < 4.78 is 10.3. The molecule has 1 N–H and O–H groups in total. The third-order valence-electron chi connectivity index (χ3n) is 2.39. The van der Waals surface area contributed by atoms with Gasteiger partial charge in [-0.2, -0.15) is 0 Å². The third kappa shape index (κ3) is 10.4. The quantitative estimate of drug-likeness (QED) is 0.724. The number of rotatable bonds is 7. The topological polar surface area (TPSA) is 64.6 Å². The van der Waals surface area contributed by atoms with Crippen molar-refractivity contribution in [2.45, 2.75) is 71.9 Å². The van der Waals surface area contributed by atoms with Gasteiger partial charge in [0.25, 0.3) is 0 Å². The molecule has 1 amide bonds. The first-order valence-electron chi connectivity index (χ1n) is 6.93. The first kappa shape index (κ1) is 17.7. The Hall–Kier alpha value is -1.26. The molecule has 19 heavy (non-hydrogen) atoms. The summed E-state index contributed by atoms with van der Waals surface area (Å²) in [5.41, 5.74) is -0.528. The van der Waals surface area contributed by atoms with E-state index < -0.39 is 11.7 Å². The van der Waals surface area contributed by atoms with Crippen LogP contribution in [-0.4, -0.2) is 30.3 Å². The van der Waals surface area contributed by atoms with Gasteiger partial charge in [0, 0.05) is 6.42 Å². The van der Waals surface area contributed by atoms with Crippen molar-refractivity contribution in [1.29, 1.82) is 0 Å². The lowest BCUT2D eigenvalue weighted by Gasteiger charge is -2.23. The van der Waals surface area contributed by atoms with Gasteiger partial charge in [0.15, 0.2) is 0 Å². The minimum Gasteiger partial charge on any atom is -0.463 e. The van der Waals surface area contributed by atoms with E-state index in [4.69, 9.17) is 9.47 Å². The van der Waals surface area contributed by atoms with E-state index in [1.165, 1.54) is 0 Å². The number of carbonyl (C=O) groups excluding carboxylic acids is 2. The summed E-state index contributed by atoms with van der Waals surface area (Å²) in [6, 6.07) is -0.208. The average molecular weight is 273 g/mol. The lowest BCUT2D eigenvalue weighted by molar-refractivity contribution is -0.144. The van der Waals surface area contributed by atoms with Gasteiger partial charge in [0.05, 0.1) is 6.04 Å². The van der Waals surface area contributed by atoms with E-state index in [2.05, 4.69) is 5.32 Å². The molecule has 5 nitrogen and oxygen atoms in total. The Kier molecular flexibility index (Phi) is 8.19. The van der Waals surface area contributed by atoms with E-state index in [0.29, 0.717) is 12.8 Å². The lowest BCUT2D eigenvalue weighted by Crippen LogP contribution is -2.41. The van der Waals surface area contributed by atoms with E-state index in [-0.39, 0.29) is 18.6 Å². The lowest BCUT2D eigenvalue weighted by atomic mass is 10.2. The molecule has 5 heteroatoms. The summed E-state index contributed by atoms with van der Waals surface area (Å²) in [6.45, 7) is 9.54. The zero-order valence-electron chi connectivity index (χ0n) is 12.7. The van der Waals surface area contributed by atoms with E-state index in [9.17, 15) is 9.59 Å².